The first-order chi connectivity index (χ1) is 9.20. The summed E-state index contributed by atoms with van der Waals surface area (Å²) >= 11 is 3.51. The molecule has 19 heavy (non-hydrogen) atoms. The van der Waals surface area contributed by atoms with E-state index in [1.54, 1.807) is 7.11 Å². The second-order valence-electron chi connectivity index (χ2n) is 4.16. The molecule has 1 aromatic heterocycles. The highest BCUT2D eigenvalue weighted by Gasteiger charge is 2.11. The van der Waals surface area contributed by atoms with Crippen LogP contribution < -0.4 is 5.32 Å². The van der Waals surface area contributed by atoms with Gasteiger partial charge in [0.25, 0.3) is 0 Å². The van der Waals surface area contributed by atoms with Crippen LogP contribution in [-0.2, 0) is 11.3 Å². The second kappa shape index (κ2) is 6.79. The van der Waals surface area contributed by atoms with Crippen molar-refractivity contribution >= 4 is 15.9 Å². The molecule has 0 aliphatic carbocycles. The molecule has 0 radical (unpaired) electrons. The minimum Gasteiger partial charge on any atom is -0.383 e. The molecule has 1 aromatic carbocycles. The minimum atomic E-state index is 0.542. The van der Waals surface area contributed by atoms with Crippen LogP contribution >= 0.6 is 15.9 Å². The fourth-order valence-corrected chi connectivity index (χ4v) is 2.28. The molecule has 0 saturated heterocycles. The van der Waals surface area contributed by atoms with E-state index in [4.69, 9.17) is 9.26 Å². The Morgan fingerprint density at radius 1 is 1.42 bits per heavy atom. The van der Waals surface area contributed by atoms with Gasteiger partial charge >= 0.3 is 0 Å². The van der Waals surface area contributed by atoms with Gasteiger partial charge < -0.3 is 14.6 Å². The Balaban J connectivity index is 2.04. The zero-order chi connectivity index (χ0) is 13.7. The first-order valence-corrected chi connectivity index (χ1v) is 6.79. The standard InChI is InChI=1S/C13H16BrN3O2/c1-9-3-4-10(11(14)7-9)13-16-12(19-17-13)8-15-5-6-18-2/h3-4,7,15H,5-6,8H2,1-2H3. The van der Waals surface area contributed by atoms with Gasteiger partial charge in [0.05, 0.1) is 13.2 Å². The lowest BCUT2D eigenvalue weighted by Crippen LogP contribution is -2.18. The van der Waals surface area contributed by atoms with Crippen molar-refractivity contribution in [1.82, 2.24) is 15.5 Å². The number of rotatable bonds is 6. The Bertz CT molecular complexity index is 542. The van der Waals surface area contributed by atoms with Gasteiger partial charge in [-0.25, -0.2) is 0 Å². The Kier molecular flexibility index (Phi) is 5.07. The number of nitrogens with zero attached hydrogens (tertiary/aromatic N) is 2. The Morgan fingerprint density at radius 3 is 3.00 bits per heavy atom. The molecule has 0 unspecified atom stereocenters. The predicted molar refractivity (Wildman–Crippen MR) is 75.8 cm³/mol. The molecule has 0 saturated carbocycles. The summed E-state index contributed by atoms with van der Waals surface area (Å²) in [6.45, 7) is 3.99. The van der Waals surface area contributed by atoms with Gasteiger partial charge in [0.2, 0.25) is 11.7 Å². The molecular formula is C13H16BrN3O2. The van der Waals surface area contributed by atoms with E-state index < -0.39 is 0 Å². The van der Waals surface area contributed by atoms with Gasteiger partial charge in [-0.2, -0.15) is 4.98 Å². The summed E-state index contributed by atoms with van der Waals surface area (Å²) in [5.41, 5.74) is 2.11. The van der Waals surface area contributed by atoms with Gasteiger partial charge in [0.1, 0.15) is 0 Å². The Morgan fingerprint density at radius 2 is 2.26 bits per heavy atom. The number of benzene rings is 1. The number of hydrogen-bond acceptors (Lipinski definition) is 5. The van der Waals surface area contributed by atoms with Crippen LogP contribution in [0.3, 0.4) is 0 Å². The molecule has 0 spiro atoms. The fourth-order valence-electron chi connectivity index (χ4n) is 1.61. The van der Waals surface area contributed by atoms with Crippen LogP contribution in [0.4, 0.5) is 0 Å². The van der Waals surface area contributed by atoms with E-state index in [0.29, 0.717) is 24.9 Å². The molecule has 5 nitrogen and oxygen atoms in total. The second-order valence-corrected chi connectivity index (χ2v) is 5.02. The largest absolute Gasteiger partial charge is 0.383 e. The molecule has 0 amide bonds. The summed E-state index contributed by atoms with van der Waals surface area (Å²) in [5.74, 6) is 1.16. The van der Waals surface area contributed by atoms with Crippen molar-refractivity contribution in [2.24, 2.45) is 0 Å². The van der Waals surface area contributed by atoms with Crippen molar-refractivity contribution in [2.75, 3.05) is 20.3 Å². The first-order valence-electron chi connectivity index (χ1n) is 5.99. The van der Waals surface area contributed by atoms with Crippen LogP contribution in [0.15, 0.2) is 27.2 Å². The number of halogens is 1. The third kappa shape index (κ3) is 3.86. The SMILES string of the molecule is COCCNCc1nc(-c2ccc(C)cc2Br)no1. The average molecular weight is 326 g/mol. The van der Waals surface area contributed by atoms with Crippen molar-refractivity contribution in [2.45, 2.75) is 13.5 Å². The molecule has 0 bridgehead atoms. The third-order valence-electron chi connectivity index (χ3n) is 2.59. The smallest absolute Gasteiger partial charge is 0.240 e. The molecule has 0 atom stereocenters. The van der Waals surface area contributed by atoms with Gasteiger partial charge in [-0.15, -0.1) is 0 Å². The van der Waals surface area contributed by atoms with Gasteiger partial charge in [0, 0.05) is 23.7 Å². The molecule has 1 N–H and O–H groups in total. The third-order valence-corrected chi connectivity index (χ3v) is 3.25. The van der Waals surface area contributed by atoms with Crippen molar-refractivity contribution < 1.29 is 9.26 Å². The Labute approximate surface area is 120 Å². The van der Waals surface area contributed by atoms with Gasteiger partial charge in [-0.3, -0.25) is 0 Å². The van der Waals surface area contributed by atoms with Crippen LogP contribution in [0, 0.1) is 6.92 Å². The van der Waals surface area contributed by atoms with E-state index in [1.807, 2.05) is 25.1 Å². The van der Waals surface area contributed by atoms with E-state index in [-0.39, 0.29) is 0 Å². The van der Waals surface area contributed by atoms with Crippen molar-refractivity contribution in [3.05, 3.63) is 34.1 Å². The van der Waals surface area contributed by atoms with Gasteiger partial charge in [0.15, 0.2) is 0 Å². The van der Waals surface area contributed by atoms with Gasteiger partial charge in [-0.1, -0.05) is 27.2 Å². The highest BCUT2D eigenvalue weighted by Crippen LogP contribution is 2.26. The van der Waals surface area contributed by atoms with E-state index in [0.717, 1.165) is 16.6 Å². The zero-order valence-electron chi connectivity index (χ0n) is 10.9. The average Bonchev–Trinajstić information content (AvgIpc) is 2.83. The first kappa shape index (κ1) is 14.2. The molecule has 6 heteroatoms. The summed E-state index contributed by atoms with van der Waals surface area (Å²) in [6.07, 6.45) is 0. The normalized spacial score (nSPS) is 10.9. The van der Waals surface area contributed by atoms with Crippen LogP contribution in [0.25, 0.3) is 11.4 Å². The van der Waals surface area contributed by atoms with E-state index in [2.05, 4.69) is 31.4 Å². The summed E-state index contributed by atoms with van der Waals surface area (Å²) in [5, 5.41) is 7.15. The number of hydrogen-bond donors (Lipinski definition) is 1. The topological polar surface area (TPSA) is 60.2 Å². The lowest BCUT2D eigenvalue weighted by Gasteiger charge is -2.00. The summed E-state index contributed by atoms with van der Waals surface area (Å²) in [4.78, 5) is 4.36. The zero-order valence-corrected chi connectivity index (χ0v) is 12.5. The summed E-state index contributed by atoms with van der Waals surface area (Å²) in [7, 11) is 1.67. The summed E-state index contributed by atoms with van der Waals surface area (Å²) in [6, 6.07) is 6.03. The number of methoxy groups -OCH3 is 1. The molecule has 0 fully saturated rings. The summed E-state index contributed by atoms with van der Waals surface area (Å²) < 4.78 is 11.1. The van der Waals surface area contributed by atoms with Crippen molar-refractivity contribution in [3.8, 4) is 11.4 Å². The fraction of sp³-hybridized carbons (Fsp3) is 0.385. The number of aromatic nitrogens is 2. The number of aryl methyl sites for hydroxylation is 1. The van der Waals surface area contributed by atoms with Crippen molar-refractivity contribution in [3.63, 3.8) is 0 Å². The van der Waals surface area contributed by atoms with Crippen LogP contribution in [-0.4, -0.2) is 30.4 Å². The quantitative estimate of drug-likeness (QED) is 0.827. The maximum atomic E-state index is 5.20. The highest BCUT2D eigenvalue weighted by molar-refractivity contribution is 9.10. The maximum Gasteiger partial charge on any atom is 0.240 e. The van der Waals surface area contributed by atoms with Crippen LogP contribution in [0.2, 0.25) is 0 Å². The minimum absolute atomic E-state index is 0.542. The lowest BCUT2D eigenvalue weighted by molar-refractivity contribution is 0.197. The highest BCUT2D eigenvalue weighted by atomic mass is 79.9. The molecule has 0 aliphatic rings. The van der Waals surface area contributed by atoms with Crippen molar-refractivity contribution in [1.29, 1.82) is 0 Å². The maximum absolute atomic E-state index is 5.20. The van der Waals surface area contributed by atoms with Gasteiger partial charge in [-0.05, 0) is 24.6 Å². The lowest BCUT2D eigenvalue weighted by atomic mass is 10.1. The molecule has 0 aliphatic heterocycles. The molecule has 1 heterocycles. The number of nitrogens with one attached hydrogen (secondary N) is 1. The Hall–Kier alpha value is -1.24. The molecule has 102 valence electrons. The molecular weight excluding hydrogens is 310 g/mol. The van der Waals surface area contributed by atoms with E-state index in [9.17, 15) is 0 Å². The van der Waals surface area contributed by atoms with Crippen LogP contribution in [0.5, 0.6) is 0 Å². The number of ether oxygens (including phenoxy) is 1. The van der Waals surface area contributed by atoms with E-state index >= 15 is 0 Å². The van der Waals surface area contributed by atoms with E-state index in [1.165, 1.54) is 5.56 Å². The predicted octanol–water partition coefficient (Wildman–Crippen LogP) is 2.54. The molecule has 2 aromatic rings. The monoisotopic (exact) mass is 325 g/mol. The van der Waals surface area contributed by atoms with Crippen LogP contribution in [0.1, 0.15) is 11.5 Å². The molecule has 2 rings (SSSR count).